The van der Waals surface area contributed by atoms with Gasteiger partial charge in [-0.1, -0.05) is 18.2 Å². The minimum atomic E-state index is 0.176. The van der Waals surface area contributed by atoms with Crippen molar-refractivity contribution in [2.75, 3.05) is 26.7 Å². The molecule has 0 radical (unpaired) electrons. The van der Waals surface area contributed by atoms with Crippen molar-refractivity contribution in [3.63, 3.8) is 0 Å². The Balaban J connectivity index is 1.84. The minimum Gasteiger partial charge on any atom is -0.496 e. The lowest BCUT2D eigenvalue weighted by Crippen LogP contribution is -2.51. The molecule has 0 bridgehead atoms. The molecule has 4 nitrogen and oxygen atoms in total. The van der Waals surface area contributed by atoms with Crippen LogP contribution < -0.4 is 10.1 Å². The van der Waals surface area contributed by atoms with E-state index < -0.39 is 0 Å². The molecule has 1 N–H and O–H groups in total. The fraction of sp³-hybridized carbons (Fsp3) is 0.533. The zero-order chi connectivity index (χ0) is 13.2. The van der Waals surface area contributed by atoms with Crippen LogP contribution in [0.3, 0.4) is 0 Å². The Morgan fingerprint density at radius 3 is 2.84 bits per heavy atom. The standard InChI is InChI=1S/C15H20N2O2/c1-19-14-7-3-2-5-12(14)13-6-4-8-17(13)15(18)11-9-16-10-11/h2-3,5,7,11,13,16H,4,6,8-10H2,1H3. The Morgan fingerprint density at radius 1 is 1.37 bits per heavy atom. The van der Waals surface area contributed by atoms with Crippen molar-refractivity contribution in [3.8, 4) is 5.75 Å². The van der Waals surface area contributed by atoms with Crippen LogP contribution in [0, 0.1) is 5.92 Å². The smallest absolute Gasteiger partial charge is 0.228 e. The highest BCUT2D eigenvalue weighted by atomic mass is 16.5. The van der Waals surface area contributed by atoms with E-state index in [4.69, 9.17) is 4.74 Å². The second kappa shape index (κ2) is 5.21. The largest absolute Gasteiger partial charge is 0.496 e. The van der Waals surface area contributed by atoms with Gasteiger partial charge >= 0.3 is 0 Å². The molecular formula is C15H20N2O2. The molecule has 19 heavy (non-hydrogen) atoms. The molecule has 0 spiro atoms. The summed E-state index contributed by atoms with van der Waals surface area (Å²) >= 11 is 0. The lowest BCUT2D eigenvalue weighted by molar-refractivity contribution is -0.138. The maximum absolute atomic E-state index is 12.5. The summed E-state index contributed by atoms with van der Waals surface area (Å²) in [7, 11) is 1.69. The van der Waals surface area contributed by atoms with E-state index in [1.165, 1.54) is 0 Å². The summed E-state index contributed by atoms with van der Waals surface area (Å²) in [6, 6.07) is 8.22. The molecule has 2 aliphatic rings. The normalized spacial score (nSPS) is 23.2. The summed E-state index contributed by atoms with van der Waals surface area (Å²) in [4.78, 5) is 14.5. The summed E-state index contributed by atoms with van der Waals surface area (Å²) in [6.45, 7) is 2.53. The minimum absolute atomic E-state index is 0.176. The maximum Gasteiger partial charge on any atom is 0.228 e. The number of hydrogen-bond acceptors (Lipinski definition) is 3. The van der Waals surface area contributed by atoms with E-state index >= 15 is 0 Å². The first-order valence-corrected chi connectivity index (χ1v) is 6.95. The third-order valence-electron chi connectivity index (χ3n) is 4.16. The highest BCUT2D eigenvalue weighted by Crippen LogP contribution is 2.37. The summed E-state index contributed by atoms with van der Waals surface area (Å²) in [6.07, 6.45) is 2.11. The molecule has 3 rings (SSSR count). The molecular weight excluding hydrogens is 240 g/mol. The van der Waals surface area contributed by atoms with Gasteiger partial charge < -0.3 is 15.0 Å². The van der Waals surface area contributed by atoms with Crippen LogP contribution in [0.25, 0.3) is 0 Å². The first kappa shape index (κ1) is 12.5. The van der Waals surface area contributed by atoms with Crippen LogP contribution in [0.1, 0.15) is 24.4 Å². The van der Waals surface area contributed by atoms with Gasteiger partial charge in [-0.25, -0.2) is 0 Å². The van der Waals surface area contributed by atoms with Crippen molar-refractivity contribution in [1.82, 2.24) is 10.2 Å². The first-order chi connectivity index (χ1) is 9.31. The summed E-state index contributed by atoms with van der Waals surface area (Å²) < 4.78 is 5.44. The maximum atomic E-state index is 12.5. The number of benzene rings is 1. The monoisotopic (exact) mass is 260 g/mol. The number of amides is 1. The Morgan fingerprint density at radius 2 is 2.16 bits per heavy atom. The van der Waals surface area contributed by atoms with Crippen LogP contribution in [0.4, 0.5) is 0 Å². The topological polar surface area (TPSA) is 41.6 Å². The average molecular weight is 260 g/mol. The van der Waals surface area contributed by atoms with Crippen LogP contribution in [0.5, 0.6) is 5.75 Å². The molecule has 0 aliphatic carbocycles. The van der Waals surface area contributed by atoms with E-state index in [0.29, 0.717) is 5.91 Å². The van der Waals surface area contributed by atoms with Gasteiger partial charge in [-0.05, 0) is 18.9 Å². The van der Waals surface area contributed by atoms with Crippen molar-refractivity contribution in [3.05, 3.63) is 29.8 Å². The molecule has 2 aliphatic heterocycles. The molecule has 4 heteroatoms. The molecule has 102 valence electrons. The van der Waals surface area contributed by atoms with Crippen LogP contribution in [0.15, 0.2) is 24.3 Å². The summed E-state index contributed by atoms with van der Waals surface area (Å²) in [5.74, 6) is 1.36. The second-order valence-electron chi connectivity index (χ2n) is 5.29. The molecule has 1 aromatic carbocycles. The van der Waals surface area contributed by atoms with E-state index in [1.54, 1.807) is 7.11 Å². The van der Waals surface area contributed by atoms with Gasteiger partial charge in [0.15, 0.2) is 0 Å². The molecule has 0 aromatic heterocycles. The number of methoxy groups -OCH3 is 1. The molecule has 0 saturated carbocycles. The van der Waals surface area contributed by atoms with Crippen LogP contribution >= 0.6 is 0 Å². The Hall–Kier alpha value is -1.55. The fourth-order valence-electron chi connectivity index (χ4n) is 2.99. The molecule has 2 saturated heterocycles. The van der Waals surface area contributed by atoms with Gasteiger partial charge in [-0.3, -0.25) is 4.79 Å². The van der Waals surface area contributed by atoms with Gasteiger partial charge in [-0.15, -0.1) is 0 Å². The zero-order valence-electron chi connectivity index (χ0n) is 11.3. The number of nitrogens with one attached hydrogen (secondary N) is 1. The molecule has 1 atom stereocenters. The SMILES string of the molecule is COc1ccccc1C1CCCN1C(=O)C1CNC1. The first-order valence-electron chi connectivity index (χ1n) is 6.95. The Labute approximate surface area is 113 Å². The lowest BCUT2D eigenvalue weighted by Gasteiger charge is -2.34. The van der Waals surface area contributed by atoms with Gasteiger partial charge in [0.05, 0.1) is 19.1 Å². The fourth-order valence-corrected chi connectivity index (χ4v) is 2.99. The number of likely N-dealkylation sites (tertiary alicyclic amines) is 1. The zero-order valence-corrected chi connectivity index (χ0v) is 11.3. The van der Waals surface area contributed by atoms with Gasteiger partial charge in [-0.2, -0.15) is 0 Å². The van der Waals surface area contributed by atoms with Crippen molar-refractivity contribution >= 4 is 5.91 Å². The van der Waals surface area contributed by atoms with Crippen molar-refractivity contribution in [2.45, 2.75) is 18.9 Å². The summed E-state index contributed by atoms with van der Waals surface area (Å²) in [5, 5.41) is 3.17. The highest BCUT2D eigenvalue weighted by molar-refractivity contribution is 5.81. The number of ether oxygens (including phenoxy) is 1. The molecule has 2 fully saturated rings. The quantitative estimate of drug-likeness (QED) is 0.897. The molecule has 1 unspecified atom stereocenters. The van der Waals surface area contributed by atoms with Gasteiger partial charge in [0.25, 0.3) is 0 Å². The number of para-hydroxylation sites is 1. The molecule has 1 aromatic rings. The second-order valence-corrected chi connectivity index (χ2v) is 5.29. The third-order valence-corrected chi connectivity index (χ3v) is 4.16. The van der Waals surface area contributed by atoms with Gasteiger partial charge in [0.2, 0.25) is 5.91 Å². The van der Waals surface area contributed by atoms with Gasteiger partial charge in [0, 0.05) is 25.2 Å². The van der Waals surface area contributed by atoms with Crippen LogP contribution in [-0.2, 0) is 4.79 Å². The predicted molar refractivity (Wildman–Crippen MR) is 73.0 cm³/mol. The molecule has 1 amide bonds. The number of rotatable bonds is 3. The number of carbonyl (C=O) groups is 1. The number of carbonyl (C=O) groups excluding carboxylic acids is 1. The summed E-state index contributed by atoms with van der Waals surface area (Å²) in [5.41, 5.74) is 1.14. The van der Waals surface area contributed by atoms with Crippen LogP contribution in [-0.4, -0.2) is 37.6 Å². The number of hydrogen-bond donors (Lipinski definition) is 1. The highest BCUT2D eigenvalue weighted by Gasteiger charge is 2.37. The van der Waals surface area contributed by atoms with E-state index in [-0.39, 0.29) is 12.0 Å². The van der Waals surface area contributed by atoms with Gasteiger partial charge in [0.1, 0.15) is 5.75 Å². The van der Waals surface area contributed by atoms with E-state index in [9.17, 15) is 4.79 Å². The average Bonchev–Trinajstić information content (AvgIpc) is 2.85. The van der Waals surface area contributed by atoms with Crippen molar-refractivity contribution in [2.24, 2.45) is 5.92 Å². The third kappa shape index (κ3) is 2.21. The van der Waals surface area contributed by atoms with E-state index in [0.717, 1.165) is 43.8 Å². The van der Waals surface area contributed by atoms with Crippen LogP contribution in [0.2, 0.25) is 0 Å². The number of nitrogens with zero attached hydrogens (tertiary/aromatic N) is 1. The predicted octanol–water partition coefficient (Wildman–Crippen LogP) is 1.58. The Kier molecular flexibility index (Phi) is 3.42. The molecule has 2 heterocycles. The van der Waals surface area contributed by atoms with E-state index in [1.807, 2.05) is 23.1 Å². The van der Waals surface area contributed by atoms with Crippen molar-refractivity contribution < 1.29 is 9.53 Å². The lowest BCUT2D eigenvalue weighted by atomic mass is 9.99. The van der Waals surface area contributed by atoms with Crippen molar-refractivity contribution in [1.29, 1.82) is 0 Å². The van der Waals surface area contributed by atoms with E-state index in [2.05, 4.69) is 11.4 Å². The Bertz CT molecular complexity index is 471.